The molecule has 33 heavy (non-hydrogen) atoms. The van der Waals surface area contributed by atoms with E-state index in [2.05, 4.69) is 20.6 Å². The van der Waals surface area contributed by atoms with E-state index in [1.54, 1.807) is 18.5 Å². The molecule has 166 valence electrons. The Balaban J connectivity index is 1.61. The van der Waals surface area contributed by atoms with Gasteiger partial charge in [-0.1, -0.05) is 12.1 Å². The summed E-state index contributed by atoms with van der Waals surface area (Å²) in [5, 5.41) is 6.11. The Kier molecular flexibility index (Phi) is 6.31. The molecular formula is C26H25N5O2. The number of rotatable bonds is 6. The van der Waals surface area contributed by atoms with E-state index in [1.807, 2.05) is 69.3 Å². The molecule has 0 saturated heterocycles. The molecule has 0 radical (unpaired) electrons. The third-order valence-electron chi connectivity index (χ3n) is 5.12. The van der Waals surface area contributed by atoms with Crippen molar-refractivity contribution in [3.8, 4) is 22.9 Å². The van der Waals surface area contributed by atoms with E-state index < -0.39 is 0 Å². The number of aromatic nitrogens is 3. The van der Waals surface area contributed by atoms with Crippen LogP contribution in [0.2, 0.25) is 0 Å². The molecule has 0 fully saturated rings. The van der Waals surface area contributed by atoms with Crippen LogP contribution >= 0.6 is 0 Å². The zero-order chi connectivity index (χ0) is 23.4. The molecule has 0 atom stereocenters. The summed E-state index contributed by atoms with van der Waals surface area (Å²) in [7, 11) is 0. The monoisotopic (exact) mass is 439 g/mol. The van der Waals surface area contributed by atoms with Gasteiger partial charge >= 0.3 is 0 Å². The van der Waals surface area contributed by atoms with Gasteiger partial charge in [0.25, 0.3) is 0 Å². The number of nitrogens with one attached hydrogen (secondary N) is 2. The molecule has 7 heteroatoms. The fourth-order valence-corrected chi connectivity index (χ4v) is 3.29. The van der Waals surface area contributed by atoms with Crippen molar-refractivity contribution in [2.24, 2.45) is 0 Å². The van der Waals surface area contributed by atoms with E-state index in [0.29, 0.717) is 23.0 Å². The van der Waals surface area contributed by atoms with Crippen LogP contribution in [-0.4, -0.2) is 20.9 Å². The third kappa shape index (κ3) is 5.33. The lowest BCUT2D eigenvalue weighted by Gasteiger charge is -2.14. The number of carbonyl (C=O) groups is 1. The number of benzene rings is 1. The largest absolute Gasteiger partial charge is 0.455 e. The fraction of sp³-hybridized carbons (Fsp3) is 0.154. The Hall–Kier alpha value is -4.26. The van der Waals surface area contributed by atoms with Crippen molar-refractivity contribution < 1.29 is 9.53 Å². The lowest BCUT2D eigenvalue weighted by Crippen LogP contribution is -2.07. The van der Waals surface area contributed by atoms with Crippen molar-refractivity contribution in [3.05, 3.63) is 83.8 Å². The summed E-state index contributed by atoms with van der Waals surface area (Å²) in [6, 6.07) is 17.0. The first-order valence-electron chi connectivity index (χ1n) is 10.6. The minimum Gasteiger partial charge on any atom is -0.455 e. The SMILES string of the molecule is CC(=O)Nc1cc(Nc2cc(Oc3cc(C)c(C)nc3-c3ccccn3)ccn2)ccc1C. The van der Waals surface area contributed by atoms with Crippen LogP contribution in [0.4, 0.5) is 17.2 Å². The van der Waals surface area contributed by atoms with Crippen molar-refractivity contribution in [1.82, 2.24) is 15.0 Å². The molecule has 4 rings (SSSR count). The van der Waals surface area contributed by atoms with E-state index in [9.17, 15) is 4.79 Å². The molecule has 2 N–H and O–H groups in total. The first-order chi connectivity index (χ1) is 15.9. The van der Waals surface area contributed by atoms with Crippen molar-refractivity contribution in [1.29, 1.82) is 0 Å². The van der Waals surface area contributed by atoms with Crippen LogP contribution in [-0.2, 0) is 4.79 Å². The van der Waals surface area contributed by atoms with E-state index in [0.717, 1.165) is 33.9 Å². The molecule has 4 aromatic rings. The average Bonchev–Trinajstić information content (AvgIpc) is 2.79. The van der Waals surface area contributed by atoms with Gasteiger partial charge in [-0.15, -0.1) is 0 Å². The van der Waals surface area contributed by atoms with Crippen LogP contribution in [0.5, 0.6) is 11.5 Å². The number of amides is 1. The molecule has 0 aliphatic heterocycles. The van der Waals surface area contributed by atoms with Gasteiger partial charge in [0.2, 0.25) is 5.91 Å². The maximum atomic E-state index is 11.5. The van der Waals surface area contributed by atoms with Crippen LogP contribution in [0.15, 0.2) is 67.0 Å². The maximum absolute atomic E-state index is 11.5. The number of aryl methyl sites for hydroxylation is 3. The van der Waals surface area contributed by atoms with Gasteiger partial charge in [0.05, 0.1) is 5.69 Å². The average molecular weight is 440 g/mol. The van der Waals surface area contributed by atoms with E-state index in [-0.39, 0.29) is 5.91 Å². The topological polar surface area (TPSA) is 89.0 Å². The highest BCUT2D eigenvalue weighted by Gasteiger charge is 2.13. The first kappa shape index (κ1) is 22.0. The van der Waals surface area contributed by atoms with Crippen LogP contribution in [0, 0.1) is 20.8 Å². The van der Waals surface area contributed by atoms with Gasteiger partial charge in [-0.05, 0) is 68.3 Å². The van der Waals surface area contributed by atoms with Crippen molar-refractivity contribution in [2.45, 2.75) is 27.7 Å². The van der Waals surface area contributed by atoms with Gasteiger partial charge in [-0.3, -0.25) is 9.78 Å². The molecule has 0 spiro atoms. The van der Waals surface area contributed by atoms with E-state index in [1.165, 1.54) is 6.92 Å². The molecule has 7 nitrogen and oxygen atoms in total. The number of hydrogen-bond acceptors (Lipinski definition) is 6. The number of anilines is 3. The van der Waals surface area contributed by atoms with Crippen molar-refractivity contribution in [3.63, 3.8) is 0 Å². The third-order valence-corrected chi connectivity index (χ3v) is 5.12. The summed E-state index contributed by atoms with van der Waals surface area (Å²) in [5.41, 5.74) is 5.91. The second kappa shape index (κ2) is 9.48. The first-order valence-corrected chi connectivity index (χ1v) is 10.6. The molecule has 0 aliphatic rings. The highest BCUT2D eigenvalue weighted by Crippen LogP contribution is 2.33. The summed E-state index contributed by atoms with van der Waals surface area (Å²) in [4.78, 5) is 25.0. The number of pyridine rings is 3. The van der Waals surface area contributed by atoms with Crippen LogP contribution in [0.3, 0.4) is 0 Å². The lowest BCUT2D eigenvalue weighted by atomic mass is 10.1. The Morgan fingerprint density at radius 2 is 1.76 bits per heavy atom. The van der Waals surface area contributed by atoms with E-state index >= 15 is 0 Å². The maximum Gasteiger partial charge on any atom is 0.221 e. The Labute approximate surface area is 192 Å². The normalized spacial score (nSPS) is 10.5. The van der Waals surface area contributed by atoms with Gasteiger partial charge in [-0.25, -0.2) is 9.97 Å². The second-order valence-corrected chi connectivity index (χ2v) is 7.77. The zero-order valence-electron chi connectivity index (χ0n) is 19.0. The van der Waals surface area contributed by atoms with Crippen LogP contribution in [0.25, 0.3) is 11.4 Å². The van der Waals surface area contributed by atoms with Crippen LogP contribution in [0.1, 0.15) is 23.7 Å². The summed E-state index contributed by atoms with van der Waals surface area (Å²) < 4.78 is 6.23. The second-order valence-electron chi connectivity index (χ2n) is 7.77. The summed E-state index contributed by atoms with van der Waals surface area (Å²) in [6.07, 6.45) is 3.41. The van der Waals surface area contributed by atoms with Gasteiger partial charge in [-0.2, -0.15) is 0 Å². The van der Waals surface area contributed by atoms with E-state index in [4.69, 9.17) is 9.72 Å². The van der Waals surface area contributed by atoms with Gasteiger partial charge in [0.15, 0.2) is 5.75 Å². The van der Waals surface area contributed by atoms with Gasteiger partial charge in [0, 0.05) is 42.5 Å². The summed E-state index contributed by atoms with van der Waals surface area (Å²) in [6.45, 7) is 7.40. The molecule has 1 aromatic carbocycles. The highest BCUT2D eigenvalue weighted by atomic mass is 16.5. The van der Waals surface area contributed by atoms with Crippen molar-refractivity contribution >= 4 is 23.1 Å². The summed E-state index contributed by atoms with van der Waals surface area (Å²) in [5.74, 6) is 1.73. The number of carbonyl (C=O) groups excluding carboxylic acids is 1. The highest BCUT2D eigenvalue weighted by molar-refractivity contribution is 5.90. The fourth-order valence-electron chi connectivity index (χ4n) is 3.29. The minimum absolute atomic E-state index is 0.116. The molecule has 3 aromatic heterocycles. The zero-order valence-corrected chi connectivity index (χ0v) is 19.0. The van der Waals surface area contributed by atoms with Crippen molar-refractivity contribution in [2.75, 3.05) is 10.6 Å². The Morgan fingerprint density at radius 1 is 0.909 bits per heavy atom. The molecule has 0 saturated carbocycles. The van der Waals surface area contributed by atoms with Gasteiger partial charge in [0.1, 0.15) is 17.3 Å². The molecular weight excluding hydrogens is 414 g/mol. The number of nitrogens with zero attached hydrogens (tertiary/aromatic N) is 3. The predicted octanol–water partition coefficient (Wildman–Crippen LogP) is 5.96. The lowest BCUT2D eigenvalue weighted by molar-refractivity contribution is -0.114. The summed E-state index contributed by atoms with van der Waals surface area (Å²) >= 11 is 0. The minimum atomic E-state index is -0.116. The predicted molar refractivity (Wildman–Crippen MR) is 130 cm³/mol. The molecule has 0 bridgehead atoms. The van der Waals surface area contributed by atoms with Crippen LogP contribution < -0.4 is 15.4 Å². The standard InChI is InChI=1S/C26H25N5O2/c1-16-8-9-20(14-23(16)30-19(4)32)31-25-15-21(10-12-28-25)33-24-13-17(2)18(3)29-26(24)22-7-5-6-11-27-22/h5-15H,1-4H3,(H,28,31)(H,30,32). The molecule has 0 aliphatic carbocycles. The number of ether oxygens (including phenoxy) is 1. The molecule has 1 amide bonds. The van der Waals surface area contributed by atoms with Gasteiger partial charge < -0.3 is 15.4 Å². The molecule has 3 heterocycles. The number of hydrogen-bond donors (Lipinski definition) is 2. The quantitative estimate of drug-likeness (QED) is 0.385. The smallest absolute Gasteiger partial charge is 0.221 e. The Bertz CT molecular complexity index is 1310. The molecule has 0 unspecified atom stereocenters. The Morgan fingerprint density at radius 3 is 2.52 bits per heavy atom.